The van der Waals surface area contributed by atoms with E-state index in [1.165, 1.54) is 19.2 Å². The Morgan fingerprint density at radius 3 is 2.29 bits per heavy atom. The summed E-state index contributed by atoms with van der Waals surface area (Å²) >= 11 is 0. The third kappa shape index (κ3) is 6.67. The van der Waals surface area contributed by atoms with E-state index >= 15 is 0 Å². The predicted molar refractivity (Wildman–Crippen MR) is 89.4 cm³/mol. The smallest absolute Gasteiger partial charge is 0.307 e. The average Bonchev–Trinajstić information content (AvgIpc) is 2.55. The Labute approximate surface area is 142 Å². The zero-order valence-corrected chi connectivity index (χ0v) is 14.8. The highest BCUT2D eigenvalue weighted by Crippen LogP contribution is 2.13. The molecule has 0 aliphatic heterocycles. The normalized spacial score (nSPS) is 11.1. The van der Waals surface area contributed by atoms with E-state index in [0.29, 0.717) is 13.0 Å². The van der Waals surface area contributed by atoms with Crippen molar-refractivity contribution >= 4 is 21.9 Å². The Balaban J connectivity index is 2.82. The minimum atomic E-state index is -3.74. The maximum absolute atomic E-state index is 12.3. The van der Waals surface area contributed by atoms with E-state index in [1.54, 1.807) is 17.0 Å². The Bertz CT molecular complexity index is 656. The molecule has 1 amide bonds. The van der Waals surface area contributed by atoms with Gasteiger partial charge < -0.3 is 9.64 Å². The van der Waals surface area contributed by atoms with Gasteiger partial charge in [0, 0.05) is 19.5 Å². The predicted octanol–water partition coefficient (Wildman–Crippen LogP) is 1.42. The molecule has 0 spiro atoms. The molecule has 0 atom stereocenters. The van der Waals surface area contributed by atoms with Crippen LogP contribution in [0.5, 0.6) is 0 Å². The largest absolute Gasteiger partial charge is 0.469 e. The Morgan fingerprint density at radius 1 is 1.17 bits per heavy atom. The molecule has 1 aromatic rings. The van der Waals surface area contributed by atoms with Gasteiger partial charge in [-0.05, 0) is 24.1 Å². The van der Waals surface area contributed by atoms with Crippen molar-refractivity contribution in [3.63, 3.8) is 0 Å². The summed E-state index contributed by atoms with van der Waals surface area (Å²) in [4.78, 5) is 25.2. The Hall–Kier alpha value is -1.93. The lowest BCUT2D eigenvalue weighted by Crippen LogP contribution is -2.32. The topological polar surface area (TPSA) is 107 Å². The van der Waals surface area contributed by atoms with E-state index in [0.717, 1.165) is 18.4 Å². The molecule has 2 N–H and O–H groups in total. The van der Waals surface area contributed by atoms with Gasteiger partial charge in [0.05, 0.1) is 18.4 Å². The number of hydrogen-bond acceptors (Lipinski definition) is 5. The number of nitrogens with two attached hydrogens (primary N) is 1. The molecule has 0 aromatic heterocycles. The lowest BCUT2D eigenvalue weighted by Gasteiger charge is -2.22. The van der Waals surface area contributed by atoms with Crippen LogP contribution in [0.1, 0.15) is 38.2 Å². The van der Waals surface area contributed by atoms with Gasteiger partial charge in [-0.15, -0.1) is 0 Å². The third-order valence-electron chi connectivity index (χ3n) is 3.54. The summed E-state index contributed by atoms with van der Waals surface area (Å²) in [5.74, 6) is -0.427. The van der Waals surface area contributed by atoms with Crippen molar-refractivity contribution in [3.05, 3.63) is 29.8 Å². The number of carbonyl (C=O) groups excluding carboxylic acids is 2. The van der Waals surface area contributed by atoms with Crippen LogP contribution in [0.3, 0.4) is 0 Å². The quantitative estimate of drug-likeness (QED) is 0.673. The fourth-order valence-corrected chi connectivity index (χ4v) is 2.63. The fraction of sp³-hybridized carbons (Fsp3) is 0.500. The number of nitrogens with zero attached hydrogens (tertiary/aromatic N) is 1. The van der Waals surface area contributed by atoms with Crippen molar-refractivity contribution in [2.45, 2.75) is 44.0 Å². The number of unbranched alkanes of at least 4 members (excludes halogenated alkanes) is 1. The minimum Gasteiger partial charge on any atom is -0.469 e. The molecule has 7 nitrogen and oxygen atoms in total. The van der Waals surface area contributed by atoms with Crippen LogP contribution in [0.2, 0.25) is 0 Å². The maximum atomic E-state index is 12.3. The summed E-state index contributed by atoms with van der Waals surface area (Å²) in [5, 5.41) is 5.06. The Morgan fingerprint density at radius 2 is 1.79 bits per heavy atom. The number of methoxy groups -OCH3 is 1. The molecule has 0 bridgehead atoms. The minimum absolute atomic E-state index is 0.0182. The molecule has 8 heteroatoms. The number of hydrogen-bond donors (Lipinski definition) is 1. The summed E-state index contributed by atoms with van der Waals surface area (Å²) in [7, 11) is -2.44. The molecule has 0 saturated carbocycles. The van der Waals surface area contributed by atoms with Crippen molar-refractivity contribution in [3.8, 4) is 0 Å². The molecule has 0 unspecified atom stereocenters. The molecule has 0 radical (unpaired) electrons. The number of ether oxygens (including phenoxy) is 1. The first-order valence-electron chi connectivity index (χ1n) is 7.74. The van der Waals surface area contributed by atoms with Gasteiger partial charge in [0.1, 0.15) is 0 Å². The van der Waals surface area contributed by atoms with Crippen LogP contribution in [-0.2, 0) is 30.9 Å². The van der Waals surface area contributed by atoms with Crippen molar-refractivity contribution in [2.24, 2.45) is 5.14 Å². The van der Waals surface area contributed by atoms with Gasteiger partial charge in [0.2, 0.25) is 15.9 Å². The highest BCUT2D eigenvalue weighted by Gasteiger charge is 2.16. The lowest BCUT2D eigenvalue weighted by atomic mass is 10.1. The molecule has 24 heavy (non-hydrogen) atoms. The summed E-state index contributed by atoms with van der Waals surface area (Å²) in [5.41, 5.74) is 0.761. The highest BCUT2D eigenvalue weighted by atomic mass is 32.2. The van der Waals surface area contributed by atoms with E-state index in [-0.39, 0.29) is 29.7 Å². The molecule has 0 saturated heterocycles. The molecule has 1 rings (SSSR count). The van der Waals surface area contributed by atoms with E-state index in [2.05, 4.69) is 4.74 Å². The van der Waals surface area contributed by atoms with E-state index in [4.69, 9.17) is 5.14 Å². The molecule has 0 fully saturated rings. The molecule has 0 aliphatic rings. The van der Waals surface area contributed by atoms with Gasteiger partial charge in [-0.3, -0.25) is 9.59 Å². The average molecular weight is 356 g/mol. The monoisotopic (exact) mass is 356 g/mol. The van der Waals surface area contributed by atoms with Crippen LogP contribution in [0, 0.1) is 0 Å². The van der Waals surface area contributed by atoms with Gasteiger partial charge in [0.15, 0.2) is 0 Å². The van der Waals surface area contributed by atoms with Gasteiger partial charge in [-0.25, -0.2) is 13.6 Å². The maximum Gasteiger partial charge on any atom is 0.307 e. The fourth-order valence-electron chi connectivity index (χ4n) is 2.11. The van der Waals surface area contributed by atoms with Crippen LogP contribution in [-0.4, -0.2) is 38.8 Å². The van der Waals surface area contributed by atoms with E-state index in [9.17, 15) is 18.0 Å². The van der Waals surface area contributed by atoms with Crippen molar-refractivity contribution in [1.29, 1.82) is 0 Å². The first-order chi connectivity index (χ1) is 11.3. The second-order valence-electron chi connectivity index (χ2n) is 5.43. The zero-order valence-electron chi connectivity index (χ0n) is 14.0. The van der Waals surface area contributed by atoms with Gasteiger partial charge in [-0.1, -0.05) is 25.5 Å². The van der Waals surface area contributed by atoms with Crippen molar-refractivity contribution in [1.82, 2.24) is 4.90 Å². The summed E-state index contributed by atoms with van der Waals surface area (Å²) < 4.78 is 27.1. The first-order valence-corrected chi connectivity index (χ1v) is 9.29. The third-order valence-corrected chi connectivity index (χ3v) is 4.46. The molecule has 0 heterocycles. The summed E-state index contributed by atoms with van der Waals surface area (Å²) in [6.45, 7) is 2.55. The highest BCUT2D eigenvalue weighted by molar-refractivity contribution is 7.89. The number of sulfonamides is 1. The van der Waals surface area contributed by atoms with Gasteiger partial charge >= 0.3 is 5.97 Å². The van der Waals surface area contributed by atoms with Crippen LogP contribution >= 0.6 is 0 Å². The van der Waals surface area contributed by atoms with Crippen LogP contribution < -0.4 is 5.14 Å². The number of carbonyl (C=O) groups is 2. The second kappa shape index (κ2) is 9.39. The van der Waals surface area contributed by atoms with Crippen LogP contribution in [0.4, 0.5) is 0 Å². The number of amides is 1. The second-order valence-corrected chi connectivity index (χ2v) is 7.00. The van der Waals surface area contributed by atoms with E-state index in [1.807, 2.05) is 6.92 Å². The SMILES string of the molecule is CCCCC(=O)N(CCC(=O)OC)Cc1ccc(S(N)(=O)=O)cc1. The van der Waals surface area contributed by atoms with Crippen LogP contribution in [0.15, 0.2) is 29.2 Å². The first kappa shape index (κ1) is 20.1. The molecular formula is C16H24N2O5S. The molecule has 1 aromatic carbocycles. The Kier molecular flexibility index (Phi) is 7.87. The van der Waals surface area contributed by atoms with E-state index < -0.39 is 10.0 Å². The van der Waals surface area contributed by atoms with Crippen molar-refractivity contribution < 1.29 is 22.7 Å². The van der Waals surface area contributed by atoms with Gasteiger partial charge in [0.25, 0.3) is 0 Å². The standard InChI is InChI=1S/C16H24N2O5S/c1-3-4-5-15(19)18(11-10-16(20)23-2)12-13-6-8-14(9-7-13)24(17,21)22/h6-9H,3-5,10-12H2,1-2H3,(H2,17,21,22). The summed E-state index contributed by atoms with van der Waals surface area (Å²) in [6, 6.07) is 6.02. The van der Waals surface area contributed by atoms with Crippen LogP contribution in [0.25, 0.3) is 0 Å². The van der Waals surface area contributed by atoms with Gasteiger partial charge in [-0.2, -0.15) is 0 Å². The van der Waals surface area contributed by atoms with Crippen molar-refractivity contribution in [2.75, 3.05) is 13.7 Å². The molecule has 134 valence electrons. The number of esters is 1. The number of benzene rings is 1. The zero-order chi connectivity index (χ0) is 18.2. The number of rotatable bonds is 9. The molecular weight excluding hydrogens is 332 g/mol. The lowest BCUT2D eigenvalue weighted by molar-refractivity contribution is -0.142. The number of primary sulfonamides is 1. The summed E-state index contributed by atoms with van der Waals surface area (Å²) in [6.07, 6.45) is 2.20. The molecule has 0 aliphatic carbocycles.